The molecule has 1 saturated carbocycles. The molecular formula is C10H15NO2. The Kier molecular flexibility index (Phi) is 2.44. The van der Waals surface area contributed by atoms with E-state index in [2.05, 4.69) is 5.32 Å². The average Bonchev–Trinajstić information content (AvgIpc) is 2.56. The summed E-state index contributed by atoms with van der Waals surface area (Å²) in [6, 6.07) is 0.362. The fourth-order valence-electron chi connectivity index (χ4n) is 2.37. The Hall–Kier alpha value is -0.700. The SMILES string of the molecule is O=C1CCC(C2CCCN2)C(=O)C1. The van der Waals surface area contributed by atoms with Crippen LogP contribution in [0, 0.1) is 5.92 Å². The second-order valence-corrected chi connectivity index (χ2v) is 4.03. The first-order valence-electron chi connectivity index (χ1n) is 5.05. The topological polar surface area (TPSA) is 46.2 Å². The van der Waals surface area contributed by atoms with Gasteiger partial charge in [0.25, 0.3) is 0 Å². The van der Waals surface area contributed by atoms with E-state index in [0.717, 1.165) is 19.4 Å². The lowest BCUT2D eigenvalue weighted by Crippen LogP contribution is -2.39. The molecule has 3 heteroatoms. The summed E-state index contributed by atoms with van der Waals surface area (Å²) in [6.45, 7) is 1.03. The van der Waals surface area contributed by atoms with Crippen molar-refractivity contribution in [3.63, 3.8) is 0 Å². The summed E-state index contributed by atoms with van der Waals surface area (Å²) in [4.78, 5) is 22.5. The largest absolute Gasteiger partial charge is 0.313 e. The molecule has 0 amide bonds. The van der Waals surface area contributed by atoms with Crippen LogP contribution in [0.15, 0.2) is 0 Å². The van der Waals surface area contributed by atoms with Gasteiger partial charge in [0.05, 0.1) is 6.42 Å². The standard InChI is InChI=1S/C10H15NO2/c12-7-3-4-8(10(13)6-7)9-2-1-5-11-9/h8-9,11H,1-6H2. The number of hydrogen-bond acceptors (Lipinski definition) is 3. The van der Waals surface area contributed by atoms with Crippen molar-refractivity contribution in [2.75, 3.05) is 6.54 Å². The maximum atomic E-state index is 11.5. The van der Waals surface area contributed by atoms with Crippen LogP contribution >= 0.6 is 0 Å². The quantitative estimate of drug-likeness (QED) is 0.605. The molecule has 1 N–H and O–H groups in total. The smallest absolute Gasteiger partial charge is 0.144 e. The second-order valence-electron chi connectivity index (χ2n) is 4.03. The minimum absolute atomic E-state index is 0.124. The summed E-state index contributed by atoms with van der Waals surface area (Å²) in [5, 5.41) is 3.34. The molecule has 72 valence electrons. The first kappa shape index (κ1) is 8.88. The summed E-state index contributed by atoms with van der Waals surface area (Å²) < 4.78 is 0. The van der Waals surface area contributed by atoms with Gasteiger partial charge in [-0.25, -0.2) is 0 Å². The highest BCUT2D eigenvalue weighted by Crippen LogP contribution is 2.25. The first-order valence-corrected chi connectivity index (χ1v) is 5.05. The van der Waals surface area contributed by atoms with Gasteiger partial charge in [0.2, 0.25) is 0 Å². The lowest BCUT2D eigenvalue weighted by molar-refractivity contribution is -0.133. The maximum Gasteiger partial charge on any atom is 0.144 e. The molecule has 0 aromatic heterocycles. The summed E-state index contributed by atoms with van der Waals surface area (Å²) in [7, 11) is 0. The maximum absolute atomic E-state index is 11.5. The molecule has 13 heavy (non-hydrogen) atoms. The molecule has 2 aliphatic rings. The van der Waals surface area contributed by atoms with Crippen molar-refractivity contribution in [3.8, 4) is 0 Å². The lowest BCUT2D eigenvalue weighted by Gasteiger charge is -2.25. The molecule has 0 bridgehead atoms. The van der Waals surface area contributed by atoms with Gasteiger partial charge in [-0.15, -0.1) is 0 Å². The molecule has 2 rings (SSSR count). The Bertz CT molecular complexity index is 231. The molecule has 2 unspecified atom stereocenters. The summed E-state index contributed by atoms with van der Waals surface area (Å²) in [5.41, 5.74) is 0. The molecule has 0 spiro atoms. The van der Waals surface area contributed by atoms with Crippen molar-refractivity contribution in [1.82, 2.24) is 5.32 Å². The van der Waals surface area contributed by atoms with E-state index in [1.807, 2.05) is 0 Å². The fourth-order valence-corrected chi connectivity index (χ4v) is 2.37. The van der Waals surface area contributed by atoms with E-state index in [1.54, 1.807) is 0 Å². The zero-order chi connectivity index (χ0) is 9.26. The predicted molar refractivity (Wildman–Crippen MR) is 48.4 cm³/mol. The normalized spacial score (nSPS) is 35.4. The molecule has 1 aliphatic heterocycles. The van der Waals surface area contributed by atoms with Gasteiger partial charge >= 0.3 is 0 Å². The third-order valence-electron chi connectivity index (χ3n) is 3.10. The van der Waals surface area contributed by atoms with Gasteiger partial charge in [-0.2, -0.15) is 0 Å². The zero-order valence-electron chi connectivity index (χ0n) is 7.71. The first-order chi connectivity index (χ1) is 6.27. The van der Waals surface area contributed by atoms with Crippen LogP contribution in [0.4, 0.5) is 0 Å². The molecule has 0 radical (unpaired) electrons. The number of ketones is 2. The highest BCUT2D eigenvalue weighted by molar-refractivity contribution is 6.02. The van der Waals surface area contributed by atoms with Gasteiger partial charge in [-0.1, -0.05) is 0 Å². The van der Waals surface area contributed by atoms with Gasteiger partial charge < -0.3 is 5.32 Å². The number of nitrogens with one attached hydrogen (secondary N) is 1. The van der Waals surface area contributed by atoms with Crippen molar-refractivity contribution in [3.05, 3.63) is 0 Å². The molecular weight excluding hydrogens is 166 g/mol. The third-order valence-corrected chi connectivity index (χ3v) is 3.10. The molecule has 1 saturated heterocycles. The minimum Gasteiger partial charge on any atom is -0.313 e. The number of carbonyl (C=O) groups excluding carboxylic acids is 2. The van der Waals surface area contributed by atoms with Crippen molar-refractivity contribution < 1.29 is 9.59 Å². The van der Waals surface area contributed by atoms with Crippen molar-refractivity contribution in [1.29, 1.82) is 0 Å². The zero-order valence-corrected chi connectivity index (χ0v) is 7.71. The van der Waals surface area contributed by atoms with Gasteiger partial charge in [-0.3, -0.25) is 9.59 Å². The molecule has 0 aromatic carbocycles. The van der Waals surface area contributed by atoms with E-state index >= 15 is 0 Å². The van der Waals surface area contributed by atoms with Crippen molar-refractivity contribution in [2.45, 2.75) is 38.1 Å². The summed E-state index contributed by atoms with van der Waals surface area (Å²) >= 11 is 0. The van der Waals surface area contributed by atoms with E-state index in [-0.39, 0.29) is 23.9 Å². The van der Waals surface area contributed by atoms with Crippen LogP contribution in [-0.2, 0) is 9.59 Å². The predicted octanol–water partition coefficient (Wildman–Crippen LogP) is 0.677. The lowest BCUT2D eigenvalue weighted by atomic mass is 9.82. The van der Waals surface area contributed by atoms with Crippen LogP contribution in [-0.4, -0.2) is 24.2 Å². The van der Waals surface area contributed by atoms with Crippen LogP contribution in [0.3, 0.4) is 0 Å². The number of rotatable bonds is 1. The van der Waals surface area contributed by atoms with E-state index in [9.17, 15) is 9.59 Å². The van der Waals surface area contributed by atoms with Crippen LogP contribution in [0.2, 0.25) is 0 Å². The Labute approximate surface area is 77.9 Å². The number of Topliss-reactive ketones (excluding diaryl/α,β-unsaturated/α-hetero) is 2. The van der Waals surface area contributed by atoms with E-state index in [0.29, 0.717) is 12.5 Å². The summed E-state index contributed by atoms with van der Waals surface area (Å²) in [5.74, 6) is 0.412. The molecule has 3 nitrogen and oxygen atoms in total. The van der Waals surface area contributed by atoms with E-state index < -0.39 is 0 Å². The van der Waals surface area contributed by atoms with Gasteiger partial charge in [-0.05, 0) is 25.8 Å². The Morgan fingerprint density at radius 1 is 1.23 bits per heavy atom. The fraction of sp³-hybridized carbons (Fsp3) is 0.800. The van der Waals surface area contributed by atoms with Crippen molar-refractivity contribution >= 4 is 11.6 Å². The molecule has 1 heterocycles. The van der Waals surface area contributed by atoms with Crippen LogP contribution in [0.1, 0.15) is 32.1 Å². The molecule has 2 fully saturated rings. The summed E-state index contributed by atoms with van der Waals surface area (Å²) in [6.07, 6.45) is 3.83. The van der Waals surface area contributed by atoms with E-state index in [4.69, 9.17) is 0 Å². The molecule has 0 aromatic rings. The number of carbonyl (C=O) groups is 2. The molecule has 1 aliphatic carbocycles. The number of hydrogen-bond donors (Lipinski definition) is 1. The van der Waals surface area contributed by atoms with Crippen LogP contribution < -0.4 is 5.32 Å². The minimum atomic E-state index is 0.124. The third kappa shape index (κ3) is 1.80. The second kappa shape index (κ2) is 3.58. The Balaban J connectivity index is 1.98. The monoisotopic (exact) mass is 181 g/mol. The van der Waals surface area contributed by atoms with Crippen molar-refractivity contribution in [2.24, 2.45) is 5.92 Å². The Morgan fingerprint density at radius 2 is 2.08 bits per heavy atom. The molecule has 2 atom stereocenters. The van der Waals surface area contributed by atoms with Gasteiger partial charge in [0.15, 0.2) is 0 Å². The van der Waals surface area contributed by atoms with E-state index in [1.165, 1.54) is 6.42 Å². The highest BCUT2D eigenvalue weighted by atomic mass is 16.1. The average molecular weight is 181 g/mol. The van der Waals surface area contributed by atoms with Gasteiger partial charge in [0.1, 0.15) is 11.6 Å². The van der Waals surface area contributed by atoms with Crippen LogP contribution in [0.5, 0.6) is 0 Å². The van der Waals surface area contributed by atoms with Gasteiger partial charge in [0, 0.05) is 18.4 Å². The highest BCUT2D eigenvalue weighted by Gasteiger charge is 2.34. The Morgan fingerprint density at radius 3 is 2.69 bits per heavy atom. The van der Waals surface area contributed by atoms with Crippen LogP contribution in [0.25, 0.3) is 0 Å².